The highest BCUT2D eigenvalue weighted by molar-refractivity contribution is 7.17. The van der Waals surface area contributed by atoms with Crippen LogP contribution in [0.15, 0.2) is 18.2 Å². The third-order valence-electron chi connectivity index (χ3n) is 4.33. The van der Waals surface area contributed by atoms with Gasteiger partial charge in [0.2, 0.25) is 0 Å². The highest BCUT2D eigenvalue weighted by Crippen LogP contribution is 2.38. The second kappa shape index (κ2) is 7.34. The van der Waals surface area contributed by atoms with Crippen LogP contribution in [0, 0.1) is 5.82 Å². The molecule has 3 rings (SSSR count). The largest absolute Gasteiger partial charge is 0.419 e. The van der Waals surface area contributed by atoms with Crippen LogP contribution in [0.25, 0.3) is 0 Å². The van der Waals surface area contributed by atoms with Crippen molar-refractivity contribution in [1.82, 2.24) is 5.32 Å². The summed E-state index contributed by atoms with van der Waals surface area (Å²) < 4.78 is 52.8. The summed E-state index contributed by atoms with van der Waals surface area (Å²) in [4.78, 5) is 37.0. The zero-order chi connectivity index (χ0) is 20.6. The lowest BCUT2D eigenvalue weighted by molar-refractivity contribution is -0.140. The molecule has 0 aliphatic heterocycles. The first-order valence-electron chi connectivity index (χ1n) is 8.18. The van der Waals surface area contributed by atoms with E-state index in [0.29, 0.717) is 22.9 Å². The van der Waals surface area contributed by atoms with E-state index in [-0.39, 0.29) is 29.2 Å². The van der Waals surface area contributed by atoms with E-state index in [1.54, 1.807) is 0 Å². The summed E-state index contributed by atoms with van der Waals surface area (Å²) in [5.74, 6) is -3.32. The number of hydrogen-bond donors (Lipinski definition) is 2. The van der Waals surface area contributed by atoms with Crippen molar-refractivity contribution < 1.29 is 31.9 Å². The van der Waals surface area contributed by atoms with E-state index >= 15 is 0 Å². The molecule has 28 heavy (non-hydrogen) atoms. The summed E-state index contributed by atoms with van der Waals surface area (Å²) in [5.41, 5.74) is -1.58. The van der Waals surface area contributed by atoms with Gasteiger partial charge in [0.15, 0.2) is 0 Å². The first kappa shape index (κ1) is 20.0. The average molecular weight is 414 g/mol. The maximum Gasteiger partial charge on any atom is 0.419 e. The lowest BCUT2D eigenvalue weighted by atomic mass is 9.94. The molecule has 1 aliphatic rings. The van der Waals surface area contributed by atoms with E-state index in [0.717, 1.165) is 23.5 Å². The first-order valence-corrected chi connectivity index (χ1v) is 9.00. The fourth-order valence-corrected chi connectivity index (χ4v) is 4.27. The Morgan fingerprint density at radius 1 is 1.14 bits per heavy atom. The summed E-state index contributed by atoms with van der Waals surface area (Å²) in [7, 11) is 1.39. The normalized spacial score (nSPS) is 13.8. The van der Waals surface area contributed by atoms with Crippen LogP contribution in [0.4, 0.5) is 22.6 Å². The van der Waals surface area contributed by atoms with Crippen molar-refractivity contribution in [3.05, 3.63) is 51.1 Å². The number of nitrogens with one attached hydrogen (secondary N) is 2. The Bertz CT molecular complexity index is 982. The molecule has 1 heterocycles. The number of fused-ring (bicyclic) bond motifs is 1. The molecular formula is C18H14F4N2O3S. The number of ketones is 1. The molecule has 2 N–H and O–H groups in total. The maximum absolute atomic E-state index is 14.2. The Balaban J connectivity index is 2.00. The quantitative estimate of drug-likeness (QED) is 0.754. The molecule has 2 amide bonds. The van der Waals surface area contributed by atoms with Crippen molar-refractivity contribution in [3.63, 3.8) is 0 Å². The van der Waals surface area contributed by atoms with Crippen molar-refractivity contribution >= 4 is 33.9 Å². The molecular weight excluding hydrogens is 400 g/mol. The smallest absolute Gasteiger partial charge is 0.355 e. The number of carbonyl (C=O) groups is 3. The lowest BCUT2D eigenvalue weighted by Gasteiger charge is -2.12. The van der Waals surface area contributed by atoms with Gasteiger partial charge in [0.25, 0.3) is 11.8 Å². The van der Waals surface area contributed by atoms with Crippen LogP contribution in [0.3, 0.4) is 0 Å². The second-order valence-electron chi connectivity index (χ2n) is 6.12. The topological polar surface area (TPSA) is 75.3 Å². The number of hydrogen-bond acceptors (Lipinski definition) is 4. The lowest BCUT2D eigenvalue weighted by Crippen LogP contribution is -2.23. The van der Waals surface area contributed by atoms with Crippen LogP contribution in [-0.4, -0.2) is 24.6 Å². The third-order valence-corrected chi connectivity index (χ3v) is 5.48. The van der Waals surface area contributed by atoms with Crippen molar-refractivity contribution in [2.24, 2.45) is 0 Å². The molecule has 10 heteroatoms. The van der Waals surface area contributed by atoms with Gasteiger partial charge in [0.1, 0.15) is 16.6 Å². The Kier molecular flexibility index (Phi) is 5.24. The van der Waals surface area contributed by atoms with Crippen LogP contribution in [0.1, 0.15) is 43.1 Å². The number of thiophene rings is 1. The van der Waals surface area contributed by atoms with E-state index in [4.69, 9.17) is 0 Å². The molecule has 148 valence electrons. The van der Waals surface area contributed by atoms with Crippen molar-refractivity contribution in [3.8, 4) is 0 Å². The van der Waals surface area contributed by atoms with Gasteiger partial charge in [-0.15, -0.1) is 11.3 Å². The fourth-order valence-electron chi connectivity index (χ4n) is 3.00. The number of rotatable bonds is 3. The predicted molar refractivity (Wildman–Crippen MR) is 94.1 cm³/mol. The minimum atomic E-state index is -4.95. The van der Waals surface area contributed by atoms with Gasteiger partial charge in [-0.25, -0.2) is 4.39 Å². The van der Waals surface area contributed by atoms with Gasteiger partial charge < -0.3 is 10.6 Å². The van der Waals surface area contributed by atoms with Crippen LogP contribution < -0.4 is 10.6 Å². The fraction of sp³-hybridized carbons (Fsp3) is 0.278. The van der Waals surface area contributed by atoms with E-state index in [1.165, 1.54) is 7.05 Å². The standard InChI is InChI=1S/C18H14F4N2O3S/c1-23-16(27)13-9-6-5-8(25)7-12(9)28-17(13)24-15(26)10-3-2-4-11(14(10)19)18(20,21)22/h2-4H,5-7H2,1H3,(H,23,27)(H,24,26). The Hall–Kier alpha value is -2.75. The molecule has 0 atom stereocenters. The summed E-state index contributed by atoms with van der Waals surface area (Å²) in [6.45, 7) is 0. The Morgan fingerprint density at radius 2 is 1.86 bits per heavy atom. The van der Waals surface area contributed by atoms with Crippen LogP contribution in [-0.2, 0) is 23.8 Å². The van der Waals surface area contributed by atoms with Gasteiger partial charge in [0, 0.05) is 24.8 Å². The summed E-state index contributed by atoms with van der Waals surface area (Å²) in [5, 5.41) is 4.84. The zero-order valence-electron chi connectivity index (χ0n) is 14.5. The highest BCUT2D eigenvalue weighted by atomic mass is 32.1. The Morgan fingerprint density at radius 3 is 2.50 bits per heavy atom. The first-order chi connectivity index (χ1) is 13.1. The highest BCUT2D eigenvalue weighted by Gasteiger charge is 2.36. The monoisotopic (exact) mass is 414 g/mol. The molecule has 5 nitrogen and oxygen atoms in total. The predicted octanol–water partition coefficient (Wildman–Crippen LogP) is 3.58. The second-order valence-corrected chi connectivity index (χ2v) is 7.23. The summed E-state index contributed by atoms with van der Waals surface area (Å²) in [6, 6.07) is 2.40. The minimum Gasteiger partial charge on any atom is -0.355 e. The van der Waals surface area contributed by atoms with Gasteiger partial charge in [0.05, 0.1) is 16.7 Å². The van der Waals surface area contributed by atoms with E-state index < -0.39 is 34.9 Å². The number of halogens is 4. The van der Waals surface area contributed by atoms with Crippen molar-refractivity contribution in [2.45, 2.75) is 25.4 Å². The van der Waals surface area contributed by atoms with Crippen molar-refractivity contribution in [2.75, 3.05) is 12.4 Å². The van der Waals surface area contributed by atoms with E-state index in [1.807, 2.05) is 0 Å². The molecule has 1 aromatic heterocycles. The van der Waals surface area contributed by atoms with Gasteiger partial charge in [-0.3, -0.25) is 14.4 Å². The molecule has 0 saturated heterocycles. The third kappa shape index (κ3) is 3.64. The van der Waals surface area contributed by atoms with Gasteiger partial charge >= 0.3 is 6.18 Å². The van der Waals surface area contributed by atoms with E-state index in [9.17, 15) is 31.9 Å². The zero-order valence-corrected chi connectivity index (χ0v) is 15.3. The molecule has 0 saturated carbocycles. The molecule has 1 aliphatic carbocycles. The SMILES string of the molecule is CNC(=O)c1c(NC(=O)c2cccc(C(F)(F)F)c2F)sc2c1CCC(=O)C2. The number of amides is 2. The number of Topliss-reactive ketones (excluding diaryl/α,β-unsaturated/α-hetero) is 1. The van der Waals surface area contributed by atoms with Crippen molar-refractivity contribution in [1.29, 1.82) is 0 Å². The Labute approximate surface area is 160 Å². The molecule has 0 spiro atoms. The molecule has 0 fully saturated rings. The maximum atomic E-state index is 14.2. The number of benzene rings is 1. The average Bonchev–Trinajstić information content (AvgIpc) is 2.96. The van der Waals surface area contributed by atoms with Gasteiger partial charge in [-0.1, -0.05) is 6.07 Å². The molecule has 0 unspecified atom stereocenters. The van der Waals surface area contributed by atoms with Crippen LogP contribution in [0.2, 0.25) is 0 Å². The molecule has 2 aromatic rings. The molecule has 0 bridgehead atoms. The van der Waals surface area contributed by atoms with E-state index in [2.05, 4.69) is 10.6 Å². The summed E-state index contributed by atoms with van der Waals surface area (Å²) in [6.07, 6.45) is -4.27. The minimum absolute atomic E-state index is 0.0148. The van der Waals surface area contributed by atoms with Crippen LogP contribution >= 0.6 is 11.3 Å². The van der Waals surface area contributed by atoms with Gasteiger partial charge in [-0.05, 0) is 24.1 Å². The summed E-state index contributed by atoms with van der Waals surface area (Å²) >= 11 is 0.990. The molecule has 1 aromatic carbocycles. The number of alkyl halides is 3. The number of anilines is 1. The van der Waals surface area contributed by atoms with Gasteiger partial charge in [-0.2, -0.15) is 13.2 Å². The van der Waals surface area contributed by atoms with Crippen LogP contribution in [0.5, 0.6) is 0 Å². The molecule has 0 radical (unpaired) electrons. The number of carbonyl (C=O) groups excluding carboxylic acids is 3.